The molecule has 0 bridgehead atoms. The molecule has 1 N–H and O–H groups in total. The Balaban J connectivity index is 1.77. The van der Waals surface area contributed by atoms with Crippen LogP contribution in [-0.2, 0) is 13.1 Å². The molecule has 1 saturated carbocycles. The first-order valence-corrected chi connectivity index (χ1v) is 7.50. The highest BCUT2D eigenvalue weighted by atomic mass is 35.5. The summed E-state index contributed by atoms with van der Waals surface area (Å²) in [5.41, 5.74) is 1.25. The van der Waals surface area contributed by atoms with E-state index in [1.54, 1.807) is 12.4 Å². The van der Waals surface area contributed by atoms with Gasteiger partial charge in [0, 0.05) is 25.5 Å². The van der Waals surface area contributed by atoms with E-state index in [1.165, 1.54) is 30.1 Å². The van der Waals surface area contributed by atoms with Crippen LogP contribution in [0.2, 0.25) is 5.02 Å². The lowest BCUT2D eigenvalue weighted by molar-refractivity contribution is 0.262. The van der Waals surface area contributed by atoms with Crippen molar-refractivity contribution in [2.45, 2.75) is 32.4 Å². The molecule has 0 amide bonds. The van der Waals surface area contributed by atoms with E-state index in [0.717, 1.165) is 5.56 Å². The van der Waals surface area contributed by atoms with Crippen LogP contribution in [0.4, 0.5) is 5.69 Å². The molecule has 0 atom stereocenters. The van der Waals surface area contributed by atoms with E-state index in [9.17, 15) is 4.79 Å². The van der Waals surface area contributed by atoms with Crippen molar-refractivity contribution >= 4 is 17.3 Å². The quantitative estimate of drug-likeness (QED) is 0.922. The summed E-state index contributed by atoms with van der Waals surface area (Å²) < 4.78 is 1.52. The van der Waals surface area contributed by atoms with Crippen LogP contribution in [0.5, 0.6) is 0 Å². The minimum Gasteiger partial charge on any atom is -0.375 e. The lowest BCUT2D eigenvalue weighted by Gasteiger charge is -2.25. The number of pyridine rings is 1. The van der Waals surface area contributed by atoms with Gasteiger partial charge in [0.25, 0.3) is 5.56 Å². The molecular formula is C15H17ClN4O. The van der Waals surface area contributed by atoms with Gasteiger partial charge >= 0.3 is 0 Å². The summed E-state index contributed by atoms with van der Waals surface area (Å²) in [5, 5.41) is 7.59. The molecule has 1 fully saturated rings. The summed E-state index contributed by atoms with van der Waals surface area (Å²) in [6, 6.07) is 3.81. The molecule has 2 heterocycles. The normalized spacial score (nSPS) is 14.7. The molecule has 2 aromatic heterocycles. The molecule has 1 aliphatic rings. The molecule has 0 aliphatic heterocycles. The van der Waals surface area contributed by atoms with Gasteiger partial charge in [0.1, 0.15) is 5.69 Å². The van der Waals surface area contributed by atoms with Crippen LogP contribution < -0.4 is 10.9 Å². The van der Waals surface area contributed by atoms with Crippen LogP contribution in [0.25, 0.3) is 0 Å². The van der Waals surface area contributed by atoms with Crippen LogP contribution in [0.3, 0.4) is 0 Å². The molecule has 21 heavy (non-hydrogen) atoms. The van der Waals surface area contributed by atoms with Gasteiger partial charge in [0.05, 0.1) is 11.2 Å². The molecule has 0 saturated heterocycles. The van der Waals surface area contributed by atoms with Gasteiger partial charge in [0.15, 0.2) is 0 Å². The minimum atomic E-state index is -0.154. The fraction of sp³-hybridized carbons (Fsp3) is 0.400. The Morgan fingerprint density at radius 2 is 2.24 bits per heavy atom. The number of rotatable bonds is 5. The first kappa shape index (κ1) is 14.1. The van der Waals surface area contributed by atoms with Crippen LogP contribution in [0, 0.1) is 5.92 Å². The van der Waals surface area contributed by atoms with Gasteiger partial charge < -0.3 is 5.32 Å². The van der Waals surface area contributed by atoms with E-state index in [1.807, 2.05) is 12.1 Å². The molecule has 6 heteroatoms. The van der Waals surface area contributed by atoms with Crippen molar-refractivity contribution in [2.75, 3.05) is 5.32 Å². The number of hydrogen-bond donors (Lipinski definition) is 1. The molecule has 2 aromatic rings. The van der Waals surface area contributed by atoms with Gasteiger partial charge in [-0.1, -0.05) is 24.1 Å². The zero-order valence-electron chi connectivity index (χ0n) is 11.6. The Morgan fingerprint density at radius 1 is 1.38 bits per heavy atom. The zero-order valence-corrected chi connectivity index (χ0v) is 12.4. The van der Waals surface area contributed by atoms with Gasteiger partial charge in [-0.25, -0.2) is 4.68 Å². The van der Waals surface area contributed by atoms with Crippen molar-refractivity contribution in [3.63, 3.8) is 0 Å². The second-order valence-corrected chi connectivity index (χ2v) is 5.77. The molecular weight excluding hydrogens is 288 g/mol. The predicted octanol–water partition coefficient (Wildman–Crippen LogP) is 2.70. The van der Waals surface area contributed by atoms with Crippen molar-refractivity contribution in [1.82, 2.24) is 14.8 Å². The Kier molecular flexibility index (Phi) is 4.20. The van der Waals surface area contributed by atoms with E-state index in [-0.39, 0.29) is 5.56 Å². The average molecular weight is 305 g/mol. The molecule has 0 radical (unpaired) electrons. The molecule has 0 unspecified atom stereocenters. The predicted molar refractivity (Wildman–Crippen MR) is 82.4 cm³/mol. The van der Waals surface area contributed by atoms with Crippen LogP contribution >= 0.6 is 11.6 Å². The maximum Gasteiger partial charge on any atom is 0.291 e. The summed E-state index contributed by atoms with van der Waals surface area (Å²) in [6.45, 7) is 1.19. The lowest BCUT2D eigenvalue weighted by Crippen LogP contribution is -2.30. The van der Waals surface area contributed by atoms with Crippen molar-refractivity contribution in [3.05, 3.63) is 51.7 Å². The standard InChI is InChI=1S/C15H17ClN4O/c16-13-9-19-20(10-11-3-1-4-11)15(21)14(13)18-8-12-5-2-6-17-7-12/h2,5-7,9,11,18H,1,3-4,8,10H2. The SMILES string of the molecule is O=c1c(NCc2cccnc2)c(Cl)cnn1CC1CCC1. The minimum absolute atomic E-state index is 0.154. The number of halogens is 1. The lowest BCUT2D eigenvalue weighted by atomic mass is 9.85. The number of aromatic nitrogens is 3. The monoisotopic (exact) mass is 304 g/mol. The Morgan fingerprint density at radius 3 is 2.90 bits per heavy atom. The molecule has 1 aliphatic carbocycles. The molecule has 0 aromatic carbocycles. The summed E-state index contributed by atoms with van der Waals surface area (Å²) in [6.07, 6.45) is 8.61. The van der Waals surface area contributed by atoms with E-state index < -0.39 is 0 Å². The number of nitrogens with one attached hydrogen (secondary N) is 1. The van der Waals surface area contributed by atoms with Crippen LogP contribution in [0.1, 0.15) is 24.8 Å². The number of hydrogen-bond acceptors (Lipinski definition) is 4. The molecule has 0 spiro atoms. The van der Waals surface area contributed by atoms with E-state index >= 15 is 0 Å². The van der Waals surface area contributed by atoms with Crippen LogP contribution in [-0.4, -0.2) is 14.8 Å². The summed E-state index contributed by atoms with van der Waals surface area (Å²) in [5.74, 6) is 0.572. The molecule has 5 nitrogen and oxygen atoms in total. The number of nitrogens with zero attached hydrogens (tertiary/aromatic N) is 3. The Hall–Kier alpha value is -1.88. The summed E-state index contributed by atoms with van der Waals surface area (Å²) in [7, 11) is 0. The molecule has 3 rings (SSSR count). The smallest absolute Gasteiger partial charge is 0.291 e. The van der Waals surface area contributed by atoms with Gasteiger partial charge in [-0.15, -0.1) is 0 Å². The topological polar surface area (TPSA) is 59.8 Å². The van der Waals surface area contributed by atoms with Crippen molar-refractivity contribution < 1.29 is 0 Å². The summed E-state index contributed by atoms with van der Waals surface area (Å²) in [4.78, 5) is 16.5. The largest absolute Gasteiger partial charge is 0.375 e. The van der Waals surface area contributed by atoms with Crippen LogP contribution in [0.15, 0.2) is 35.5 Å². The Bertz CT molecular complexity index is 667. The summed E-state index contributed by atoms with van der Waals surface area (Å²) >= 11 is 6.10. The third-order valence-corrected chi connectivity index (χ3v) is 4.13. The highest BCUT2D eigenvalue weighted by Gasteiger charge is 2.20. The zero-order chi connectivity index (χ0) is 14.7. The first-order chi connectivity index (χ1) is 10.2. The third kappa shape index (κ3) is 3.24. The maximum absolute atomic E-state index is 12.4. The van der Waals surface area contributed by atoms with E-state index in [4.69, 9.17) is 11.6 Å². The van der Waals surface area contributed by atoms with Gasteiger partial charge in [-0.2, -0.15) is 5.10 Å². The van der Waals surface area contributed by atoms with E-state index in [2.05, 4.69) is 15.4 Å². The van der Waals surface area contributed by atoms with Gasteiger partial charge in [0.2, 0.25) is 0 Å². The Labute approximate surface area is 128 Å². The van der Waals surface area contributed by atoms with Crippen molar-refractivity contribution in [1.29, 1.82) is 0 Å². The second-order valence-electron chi connectivity index (χ2n) is 5.37. The fourth-order valence-electron chi connectivity index (χ4n) is 2.37. The third-order valence-electron chi connectivity index (χ3n) is 3.85. The van der Waals surface area contributed by atoms with Crippen molar-refractivity contribution in [2.24, 2.45) is 5.92 Å². The highest BCUT2D eigenvalue weighted by Crippen LogP contribution is 2.27. The number of anilines is 1. The molecule has 110 valence electrons. The maximum atomic E-state index is 12.4. The fourth-order valence-corrected chi connectivity index (χ4v) is 2.56. The van der Waals surface area contributed by atoms with Gasteiger partial charge in [-0.05, 0) is 30.4 Å². The van der Waals surface area contributed by atoms with E-state index in [0.29, 0.717) is 29.7 Å². The first-order valence-electron chi connectivity index (χ1n) is 7.12. The second kappa shape index (κ2) is 6.26. The van der Waals surface area contributed by atoms with Gasteiger partial charge in [-0.3, -0.25) is 9.78 Å². The highest BCUT2D eigenvalue weighted by molar-refractivity contribution is 6.32. The van der Waals surface area contributed by atoms with Crippen molar-refractivity contribution in [3.8, 4) is 0 Å². The average Bonchev–Trinajstić information content (AvgIpc) is 2.45.